The number of carbonyl (C=O) groups is 3. The Morgan fingerprint density at radius 2 is 1.82 bits per heavy atom. The van der Waals surface area contributed by atoms with E-state index in [1.807, 2.05) is 32.0 Å². The second-order valence-electron chi connectivity index (χ2n) is 7.52. The standard InChI is InChI=1S/C24H24N2O6S/c1-5-31-20-12-16(6-7-19(20)32-15(4)23(29)30)11-18-21(27)25-24(33)26(22(18)28)17-9-13(2)8-14(3)10-17/h6-12,15H,5H2,1-4H3,(H,29,30)(H,25,27,33)/p-1/b18-11-/t15-/m1/s1. The number of carboxylic acid groups (broad SMARTS) is 1. The van der Waals surface area contributed by atoms with E-state index in [0.29, 0.717) is 17.9 Å². The number of nitrogens with zero attached hydrogens (tertiary/aromatic N) is 1. The summed E-state index contributed by atoms with van der Waals surface area (Å²) in [5.74, 6) is -2.07. The van der Waals surface area contributed by atoms with Gasteiger partial charge in [-0.15, -0.1) is 0 Å². The Morgan fingerprint density at radius 1 is 1.15 bits per heavy atom. The van der Waals surface area contributed by atoms with Crippen LogP contribution in [0.15, 0.2) is 42.0 Å². The lowest BCUT2D eigenvalue weighted by molar-refractivity contribution is -0.312. The maximum atomic E-state index is 13.3. The highest BCUT2D eigenvalue weighted by molar-refractivity contribution is 7.80. The summed E-state index contributed by atoms with van der Waals surface area (Å²) in [5, 5.41) is 13.6. The molecule has 1 N–H and O–H groups in total. The second kappa shape index (κ2) is 9.83. The molecule has 1 fully saturated rings. The first-order valence-corrected chi connectivity index (χ1v) is 10.7. The van der Waals surface area contributed by atoms with Gasteiger partial charge in [0.05, 0.1) is 18.3 Å². The lowest BCUT2D eigenvalue weighted by Gasteiger charge is -2.29. The van der Waals surface area contributed by atoms with Crippen LogP contribution < -0.4 is 24.8 Å². The van der Waals surface area contributed by atoms with E-state index < -0.39 is 23.9 Å². The van der Waals surface area contributed by atoms with Gasteiger partial charge in [0.1, 0.15) is 11.7 Å². The molecule has 33 heavy (non-hydrogen) atoms. The minimum atomic E-state index is -1.37. The van der Waals surface area contributed by atoms with Crippen molar-refractivity contribution in [3.8, 4) is 11.5 Å². The van der Waals surface area contributed by atoms with Crippen LogP contribution in [0, 0.1) is 13.8 Å². The third kappa shape index (κ3) is 5.38. The van der Waals surface area contributed by atoms with Crippen LogP contribution in [0.1, 0.15) is 30.5 Å². The van der Waals surface area contributed by atoms with Gasteiger partial charge in [0.15, 0.2) is 16.6 Å². The Hall–Kier alpha value is -3.72. The molecule has 0 bridgehead atoms. The second-order valence-corrected chi connectivity index (χ2v) is 7.91. The third-order valence-electron chi connectivity index (χ3n) is 4.78. The van der Waals surface area contributed by atoms with E-state index in [4.69, 9.17) is 21.7 Å². The molecule has 0 aliphatic carbocycles. The van der Waals surface area contributed by atoms with Crippen LogP contribution in [0.3, 0.4) is 0 Å². The number of hydrogen-bond acceptors (Lipinski definition) is 7. The van der Waals surface area contributed by atoms with E-state index in [0.717, 1.165) is 11.1 Å². The molecule has 2 aromatic carbocycles. The predicted octanol–water partition coefficient (Wildman–Crippen LogP) is 2.05. The lowest BCUT2D eigenvalue weighted by Crippen LogP contribution is -2.54. The van der Waals surface area contributed by atoms with Crippen molar-refractivity contribution in [3.05, 3.63) is 58.7 Å². The molecule has 0 saturated carbocycles. The average molecular weight is 468 g/mol. The van der Waals surface area contributed by atoms with E-state index in [1.165, 1.54) is 24.0 Å². The molecule has 2 aromatic rings. The normalized spacial score (nSPS) is 15.9. The van der Waals surface area contributed by atoms with E-state index >= 15 is 0 Å². The summed E-state index contributed by atoms with van der Waals surface area (Å²) in [4.78, 5) is 38.1. The van der Waals surface area contributed by atoms with Crippen LogP contribution in [0.25, 0.3) is 6.08 Å². The van der Waals surface area contributed by atoms with Crippen molar-refractivity contribution in [3.63, 3.8) is 0 Å². The fourth-order valence-corrected chi connectivity index (χ4v) is 3.64. The van der Waals surface area contributed by atoms with E-state index in [1.54, 1.807) is 19.1 Å². The summed E-state index contributed by atoms with van der Waals surface area (Å²) in [6.45, 7) is 7.21. The van der Waals surface area contributed by atoms with Crippen molar-refractivity contribution in [1.82, 2.24) is 5.32 Å². The van der Waals surface area contributed by atoms with E-state index in [2.05, 4.69) is 5.32 Å². The molecule has 0 spiro atoms. The van der Waals surface area contributed by atoms with Crippen LogP contribution in [0.5, 0.6) is 11.5 Å². The fraction of sp³-hybridized carbons (Fsp3) is 0.250. The number of hydrogen-bond donors (Lipinski definition) is 1. The number of nitrogens with one attached hydrogen (secondary N) is 1. The van der Waals surface area contributed by atoms with Crippen molar-refractivity contribution in [1.29, 1.82) is 0 Å². The van der Waals surface area contributed by atoms with Gasteiger partial charge in [-0.3, -0.25) is 19.8 Å². The molecule has 9 heteroatoms. The molecule has 0 unspecified atom stereocenters. The molecule has 2 amide bonds. The smallest absolute Gasteiger partial charge is 0.270 e. The van der Waals surface area contributed by atoms with E-state index in [9.17, 15) is 19.5 Å². The number of anilines is 1. The molecule has 1 aliphatic heterocycles. The monoisotopic (exact) mass is 467 g/mol. The number of thiocarbonyl (C=S) groups is 1. The maximum absolute atomic E-state index is 13.3. The average Bonchev–Trinajstić information content (AvgIpc) is 2.72. The highest BCUT2D eigenvalue weighted by Crippen LogP contribution is 2.31. The summed E-state index contributed by atoms with van der Waals surface area (Å²) in [6, 6.07) is 10.2. The zero-order valence-corrected chi connectivity index (χ0v) is 19.4. The van der Waals surface area contributed by atoms with Gasteiger partial charge in [0, 0.05) is 0 Å². The largest absolute Gasteiger partial charge is 0.546 e. The van der Waals surface area contributed by atoms with Crippen molar-refractivity contribution < 1.29 is 29.0 Å². The molecular formula is C24H23N2O6S-. The van der Waals surface area contributed by atoms with Crippen LogP contribution in [-0.4, -0.2) is 35.6 Å². The van der Waals surface area contributed by atoms with Gasteiger partial charge >= 0.3 is 0 Å². The lowest BCUT2D eigenvalue weighted by atomic mass is 10.1. The third-order valence-corrected chi connectivity index (χ3v) is 5.07. The van der Waals surface area contributed by atoms with Gasteiger partial charge < -0.3 is 19.4 Å². The summed E-state index contributed by atoms with van der Waals surface area (Å²) in [7, 11) is 0. The van der Waals surface area contributed by atoms with Crippen molar-refractivity contribution >= 4 is 46.9 Å². The Bertz CT molecular complexity index is 1150. The molecule has 0 aromatic heterocycles. The van der Waals surface area contributed by atoms with Crippen molar-refractivity contribution in [2.24, 2.45) is 0 Å². The van der Waals surface area contributed by atoms with Crippen LogP contribution >= 0.6 is 12.2 Å². The molecule has 1 heterocycles. The first kappa shape index (κ1) is 23.9. The Labute approximate surface area is 196 Å². The minimum Gasteiger partial charge on any atom is -0.546 e. The number of aliphatic carboxylic acids is 1. The number of benzene rings is 2. The van der Waals surface area contributed by atoms with Crippen molar-refractivity contribution in [2.45, 2.75) is 33.8 Å². The van der Waals surface area contributed by atoms with Gasteiger partial charge in [0.25, 0.3) is 11.8 Å². The maximum Gasteiger partial charge on any atom is 0.270 e. The van der Waals surface area contributed by atoms with Gasteiger partial charge in [-0.05, 0) is 86.9 Å². The molecule has 3 rings (SSSR count). The highest BCUT2D eigenvalue weighted by atomic mass is 32.1. The molecular weight excluding hydrogens is 444 g/mol. The van der Waals surface area contributed by atoms with Gasteiger partial charge in [0.2, 0.25) is 0 Å². The molecule has 1 aliphatic rings. The fourth-order valence-electron chi connectivity index (χ4n) is 3.36. The number of ether oxygens (including phenoxy) is 2. The zero-order chi connectivity index (χ0) is 24.3. The number of rotatable bonds is 7. The van der Waals surface area contributed by atoms with Gasteiger partial charge in [-0.1, -0.05) is 12.1 Å². The molecule has 0 radical (unpaired) electrons. The number of aryl methyl sites for hydroxylation is 2. The number of carbonyl (C=O) groups excluding carboxylic acids is 3. The Kier molecular flexibility index (Phi) is 7.13. The van der Waals surface area contributed by atoms with E-state index in [-0.39, 0.29) is 22.2 Å². The predicted molar refractivity (Wildman–Crippen MR) is 125 cm³/mol. The van der Waals surface area contributed by atoms with Gasteiger partial charge in [-0.2, -0.15) is 0 Å². The summed E-state index contributed by atoms with van der Waals surface area (Å²) in [5.41, 5.74) is 2.83. The van der Waals surface area contributed by atoms with Gasteiger partial charge in [-0.25, -0.2) is 0 Å². The summed E-state index contributed by atoms with van der Waals surface area (Å²) >= 11 is 5.26. The van der Waals surface area contributed by atoms with Crippen molar-refractivity contribution in [2.75, 3.05) is 11.5 Å². The molecule has 1 atom stereocenters. The summed E-state index contributed by atoms with van der Waals surface area (Å²) in [6.07, 6.45) is 0.232. The molecule has 172 valence electrons. The SMILES string of the molecule is CCOc1cc(/C=C2/C(=O)NC(=S)N(c3cc(C)cc(C)c3)C2=O)ccc1O[C@H](C)C(=O)[O-]. The summed E-state index contributed by atoms with van der Waals surface area (Å²) < 4.78 is 10.9. The number of carboxylic acids is 1. The quantitative estimate of drug-likeness (QED) is 0.377. The Balaban J connectivity index is 1.99. The highest BCUT2D eigenvalue weighted by Gasteiger charge is 2.34. The molecule has 8 nitrogen and oxygen atoms in total. The topological polar surface area (TPSA) is 108 Å². The molecule has 1 saturated heterocycles. The first-order valence-electron chi connectivity index (χ1n) is 10.2. The van der Waals surface area contributed by atoms with Crippen LogP contribution in [0.2, 0.25) is 0 Å². The minimum absolute atomic E-state index is 0.00201. The van der Waals surface area contributed by atoms with Crippen LogP contribution in [-0.2, 0) is 14.4 Å². The Morgan fingerprint density at radius 3 is 2.42 bits per heavy atom. The first-order chi connectivity index (χ1) is 15.6. The zero-order valence-electron chi connectivity index (χ0n) is 18.6. The number of amides is 2. The van der Waals surface area contributed by atoms with Crippen LogP contribution in [0.4, 0.5) is 5.69 Å².